The average molecular weight is 306 g/mol. The first-order chi connectivity index (χ1) is 10.5. The van der Waals surface area contributed by atoms with Gasteiger partial charge in [-0.1, -0.05) is 6.92 Å². The van der Waals surface area contributed by atoms with Crippen LogP contribution in [-0.4, -0.2) is 34.1 Å². The highest BCUT2D eigenvalue weighted by Crippen LogP contribution is 2.26. The van der Waals surface area contributed by atoms with Crippen LogP contribution in [0, 0.1) is 5.92 Å². The molecule has 1 aromatic heterocycles. The Bertz CT molecular complexity index is 547. The number of carboxylic acids is 1. The number of aromatic nitrogens is 1. The van der Waals surface area contributed by atoms with Crippen LogP contribution in [0.25, 0.3) is 0 Å². The molecular formula is C16H22N2O4. The van der Waals surface area contributed by atoms with Gasteiger partial charge in [-0.3, -0.25) is 9.59 Å². The van der Waals surface area contributed by atoms with E-state index in [0.717, 1.165) is 6.42 Å². The lowest BCUT2D eigenvalue weighted by molar-refractivity contribution is -0.141. The van der Waals surface area contributed by atoms with Gasteiger partial charge in [0.2, 0.25) is 5.88 Å². The maximum absolute atomic E-state index is 12.2. The van der Waals surface area contributed by atoms with Gasteiger partial charge in [0, 0.05) is 23.9 Å². The van der Waals surface area contributed by atoms with E-state index < -0.39 is 5.97 Å². The van der Waals surface area contributed by atoms with Gasteiger partial charge in [-0.25, -0.2) is 4.98 Å². The Balaban J connectivity index is 1.95. The van der Waals surface area contributed by atoms with Gasteiger partial charge in [-0.2, -0.15) is 0 Å². The van der Waals surface area contributed by atoms with E-state index >= 15 is 0 Å². The summed E-state index contributed by atoms with van der Waals surface area (Å²) in [4.78, 5) is 27.3. The van der Waals surface area contributed by atoms with Crippen molar-refractivity contribution in [2.75, 3.05) is 0 Å². The second-order valence-electron chi connectivity index (χ2n) is 5.74. The molecule has 0 saturated heterocycles. The largest absolute Gasteiger partial charge is 0.481 e. The maximum atomic E-state index is 12.2. The van der Waals surface area contributed by atoms with Gasteiger partial charge in [-0.15, -0.1) is 0 Å². The molecule has 0 aromatic carbocycles. The van der Waals surface area contributed by atoms with Crippen LogP contribution in [0.3, 0.4) is 0 Å². The Morgan fingerprint density at radius 1 is 1.50 bits per heavy atom. The predicted molar refractivity (Wildman–Crippen MR) is 80.8 cm³/mol. The lowest BCUT2D eigenvalue weighted by Gasteiger charge is -2.14. The van der Waals surface area contributed by atoms with Crippen LogP contribution < -0.4 is 10.1 Å². The van der Waals surface area contributed by atoms with Crippen molar-refractivity contribution in [3.63, 3.8) is 0 Å². The van der Waals surface area contributed by atoms with E-state index in [2.05, 4.69) is 10.3 Å². The van der Waals surface area contributed by atoms with Crippen molar-refractivity contribution >= 4 is 11.9 Å². The molecule has 22 heavy (non-hydrogen) atoms. The molecule has 1 aliphatic carbocycles. The first-order valence-corrected chi connectivity index (χ1v) is 7.66. The fourth-order valence-corrected chi connectivity index (χ4v) is 2.51. The van der Waals surface area contributed by atoms with Gasteiger partial charge in [0.05, 0.1) is 12.0 Å². The van der Waals surface area contributed by atoms with Crippen LogP contribution >= 0.6 is 0 Å². The standard InChI is InChI=1S/C16H22N2O4/c1-3-10(2)22-14-9-11(6-7-17-14)15(19)18-13-5-4-12(8-13)16(20)21/h6-7,9-10,12-13H,3-5,8H2,1-2H3,(H,18,19)(H,20,21)/t10?,12-,13+/m1/s1. The summed E-state index contributed by atoms with van der Waals surface area (Å²) < 4.78 is 5.60. The molecule has 1 heterocycles. The van der Waals surface area contributed by atoms with Gasteiger partial charge in [0.1, 0.15) is 0 Å². The number of nitrogens with one attached hydrogen (secondary N) is 1. The Kier molecular flexibility index (Phi) is 5.35. The second kappa shape index (κ2) is 7.24. The van der Waals surface area contributed by atoms with Crippen LogP contribution in [0.4, 0.5) is 0 Å². The van der Waals surface area contributed by atoms with E-state index in [-0.39, 0.29) is 24.0 Å². The van der Waals surface area contributed by atoms with Crippen LogP contribution in [-0.2, 0) is 4.79 Å². The molecule has 1 unspecified atom stereocenters. The summed E-state index contributed by atoms with van der Waals surface area (Å²) in [6.45, 7) is 3.96. The number of nitrogens with zero attached hydrogens (tertiary/aromatic N) is 1. The zero-order chi connectivity index (χ0) is 16.1. The normalized spacial score (nSPS) is 22.1. The smallest absolute Gasteiger partial charge is 0.306 e. The number of carboxylic acid groups (broad SMARTS) is 1. The molecule has 2 rings (SSSR count). The molecule has 1 saturated carbocycles. The SMILES string of the molecule is CCC(C)Oc1cc(C(=O)N[C@H]2CC[C@@H](C(=O)O)C2)ccn1. The van der Waals surface area contributed by atoms with E-state index in [0.29, 0.717) is 30.7 Å². The van der Waals surface area contributed by atoms with Crippen LogP contribution in [0.1, 0.15) is 49.9 Å². The lowest BCUT2D eigenvalue weighted by atomic mass is 10.1. The van der Waals surface area contributed by atoms with E-state index in [9.17, 15) is 9.59 Å². The Hall–Kier alpha value is -2.11. The topological polar surface area (TPSA) is 88.5 Å². The Morgan fingerprint density at radius 3 is 2.91 bits per heavy atom. The number of pyridine rings is 1. The molecule has 6 heteroatoms. The van der Waals surface area contributed by atoms with Crippen LogP contribution in [0.15, 0.2) is 18.3 Å². The number of carbonyl (C=O) groups is 2. The quantitative estimate of drug-likeness (QED) is 0.841. The number of ether oxygens (including phenoxy) is 1. The maximum Gasteiger partial charge on any atom is 0.306 e. The van der Waals surface area contributed by atoms with Gasteiger partial charge < -0.3 is 15.2 Å². The molecule has 0 spiro atoms. The first-order valence-electron chi connectivity index (χ1n) is 7.66. The number of carbonyl (C=O) groups excluding carboxylic acids is 1. The summed E-state index contributed by atoms with van der Waals surface area (Å²) in [5.41, 5.74) is 0.479. The van der Waals surface area contributed by atoms with Gasteiger partial charge in [-0.05, 0) is 38.7 Å². The summed E-state index contributed by atoms with van der Waals surface area (Å²) in [7, 11) is 0. The summed E-state index contributed by atoms with van der Waals surface area (Å²) >= 11 is 0. The highest BCUT2D eigenvalue weighted by molar-refractivity contribution is 5.94. The number of rotatable bonds is 6. The summed E-state index contributed by atoms with van der Waals surface area (Å²) in [6.07, 6.45) is 4.24. The predicted octanol–water partition coefficient (Wildman–Crippen LogP) is 2.24. The van der Waals surface area contributed by atoms with Crippen molar-refractivity contribution < 1.29 is 19.4 Å². The highest BCUT2D eigenvalue weighted by Gasteiger charge is 2.30. The zero-order valence-corrected chi connectivity index (χ0v) is 12.9. The van der Waals surface area contributed by atoms with Crippen molar-refractivity contribution in [3.8, 4) is 5.88 Å². The van der Waals surface area contributed by atoms with Crippen molar-refractivity contribution in [1.82, 2.24) is 10.3 Å². The molecule has 1 fully saturated rings. The van der Waals surface area contributed by atoms with E-state index in [4.69, 9.17) is 9.84 Å². The Morgan fingerprint density at radius 2 is 2.27 bits per heavy atom. The minimum Gasteiger partial charge on any atom is -0.481 e. The molecule has 1 aromatic rings. The molecule has 6 nitrogen and oxygen atoms in total. The average Bonchev–Trinajstić information content (AvgIpc) is 2.96. The van der Waals surface area contributed by atoms with E-state index in [1.165, 1.54) is 0 Å². The highest BCUT2D eigenvalue weighted by atomic mass is 16.5. The molecule has 0 aliphatic heterocycles. The molecular weight excluding hydrogens is 284 g/mol. The second-order valence-corrected chi connectivity index (χ2v) is 5.74. The van der Waals surface area contributed by atoms with Gasteiger partial charge >= 0.3 is 5.97 Å². The summed E-state index contributed by atoms with van der Waals surface area (Å²) in [5.74, 6) is -0.929. The zero-order valence-electron chi connectivity index (χ0n) is 12.9. The summed E-state index contributed by atoms with van der Waals surface area (Å²) in [5, 5.41) is 11.9. The van der Waals surface area contributed by atoms with Gasteiger partial charge in [0.15, 0.2) is 0 Å². The number of amides is 1. The monoisotopic (exact) mass is 306 g/mol. The molecule has 2 N–H and O–H groups in total. The van der Waals surface area contributed by atoms with Crippen LogP contribution in [0.5, 0.6) is 5.88 Å². The third kappa shape index (κ3) is 4.19. The number of hydrogen-bond donors (Lipinski definition) is 2. The third-order valence-electron chi connectivity index (χ3n) is 4.01. The van der Waals surface area contributed by atoms with Crippen molar-refractivity contribution in [3.05, 3.63) is 23.9 Å². The van der Waals surface area contributed by atoms with Crippen LogP contribution in [0.2, 0.25) is 0 Å². The molecule has 3 atom stereocenters. The molecule has 0 bridgehead atoms. The van der Waals surface area contributed by atoms with E-state index in [1.807, 2.05) is 13.8 Å². The van der Waals surface area contributed by atoms with E-state index in [1.54, 1.807) is 18.3 Å². The fourth-order valence-electron chi connectivity index (χ4n) is 2.51. The molecule has 1 amide bonds. The molecule has 1 aliphatic rings. The molecule has 120 valence electrons. The minimum absolute atomic E-state index is 0.0389. The van der Waals surface area contributed by atoms with Gasteiger partial charge in [0.25, 0.3) is 5.91 Å². The summed E-state index contributed by atoms with van der Waals surface area (Å²) in [6, 6.07) is 3.16. The number of hydrogen-bond acceptors (Lipinski definition) is 4. The third-order valence-corrected chi connectivity index (χ3v) is 4.01. The number of aliphatic carboxylic acids is 1. The first kappa shape index (κ1) is 16.3. The van der Waals surface area contributed by atoms with Crippen molar-refractivity contribution in [1.29, 1.82) is 0 Å². The van der Waals surface area contributed by atoms with Crippen molar-refractivity contribution in [2.24, 2.45) is 5.92 Å². The fraction of sp³-hybridized carbons (Fsp3) is 0.562. The lowest BCUT2D eigenvalue weighted by Crippen LogP contribution is -2.33. The Labute approximate surface area is 129 Å². The molecule has 0 radical (unpaired) electrons. The minimum atomic E-state index is -0.787. The van der Waals surface area contributed by atoms with Crippen molar-refractivity contribution in [2.45, 2.75) is 51.7 Å².